The molecule has 0 saturated carbocycles. The fourth-order valence-corrected chi connectivity index (χ4v) is 4.06. The molecule has 1 heterocycles. The lowest BCUT2D eigenvalue weighted by molar-refractivity contribution is 0.102. The largest absolute Gasteiger partial charge is 0.497 e. The lowest BCUT2D eigenvalue weighted by atomic mass is 10.0. The number of carbonyl (C=O) groups excluding carboxylic acids is 1. The molecule has 4 rings (SSSR count). The number of fused-ring (bicyclic) bond motifs is 1. The van der Waals surface area contributed by atoms with Crippen LogP contribution in [0.2, 0.25) is 0 Å². The lowest BCUT2D eigenvalue weighted by Crippen LogP contribution is -2.14. The topological polar surface area (TPSA) is 60.5 Å². The number of pyridine rings is 1. The van der Waals surface area contributed by atoms with Crippen molar-refractivity contribution in [3.63, 3.8) is 0 Å². The van der Waals surface area contributed by atoms with Crippen molar-refractivity contribution in [1.29, 1.82) is 0 Å². The van der Waals surface area contributed by atoms with E-state index in [1.165, 1.54) is 0 Å². The van der Waals surface area contributed by atoms with Crippen LogP contribution in [0.4, 0.5) is 5.69 Å². The first kappa shape index (κ1) is 20.9. The fraction of sp³-hybridized carbons (Fsp3) is 0.120. The van der Waals surface area contributed by atoms with E-state index in [4.69, 9.17) is 14.5 Å². The number of carbonyl (C=O) groups is 1. The monoisotopic (exact) mass is 476 g/mol. The molecule has 0 saturated heterocycles. The number of amides is 1. The number of methoxy groups -OCH3 is 2. The number of hydrogen-bond acceptors (Lipinski definition) is 4. The van der Waals surface area contributed by atoms with Crippen molar-refractivity contribution in [3.05, 3.63) is 82.3 Å². The quantitative estimate of drug-likeness (QED) is 0.370. The lowest BCUT2D eigenvalue weighted by Gasteiger charge is -2.14. The highest BCUT2D eigenvalue weighted by Gasteiger charge is 2.18. The Hall–Kier alpha value is -3.38. The number of aryl methyl sites for hydroxylation is 1. The van der Waals surface area contributed by atoms with Crippen LogP contribution in [0.3, 0.4) is 0 Å². The molecule has 0 aliphatic carbocycles. The van der Waals surface area contributed by atoms with Crippen molar-refractivity contribution >= 4 is 38.4 Å². The van der Waals surface area contributed by atoms with E-state index in [2.05, 4.69) is 21.2 Å². The predicted octanol–water partition coefficient (Wildman–Crippen LogP) is 6.24. The van der Waals surface area contributed by atoms with Crippen molar-refractivity contribution < 1.29 is 14.3 Å². The molecule has 1 amide bonds. The molecule has 0 bridgehead atoms. The van der Waals surface area contributed by atoms with Gasteiger partial charge in [0.15, 0.2) is 0 Å². The maximum Gasteiger partial charge on any atom is 0.256 e. The zero-order chi connectivity index (χ0) is 22.0. The summed E-state index contributed by atoms with van der Waals surface area (Å²) in [6.07, 6.45) is 0. The smallest absolute Gasteiger partial charge is 0.256 e. The summed E-state index contributed by atoms with van der Waals surface area (Å²) >= 11 is 3.54. The second-order valence-electron chi connectivity index (χ2n) is 7.06. The van der Waals surface area contributed by atoms with Crippen LogP contribution in [0.15, 0.2) is 71.2 Å². The SMILES string of the molecule is COc1ccc(NC(=O)c2cc(-c3ccccc3)nc3c(C)cc(Br)cc23)c(OC)c1. The third-order valence-electron chi connectivity index (χ3n) is 5.04. The van der Waals surface area contributed by atoms with E-state index in [0.29, 0.717) is 22.7 Å². The minimum absolute atomic E-state index is 0.245. The van der Waals surface area contributed by atoms with Crippen LogP contribution in [-0.4, -0.2) is 25.1 Å². The molecule has 4 aromatic rings. The van der Waals surface area contributed by atoms with Crippen LogP contribution < -0.4 is 14.8 Å². The van der Waals surface area contributed by atoms with E-state index in [1.807, 2.05) is 55.5 Å². The number of rotatable bonds is 5. The number of aromatic nitrogens is 1. The molecule has 1 aromatic heterocycles. The van der Waals surface area contributed by atoms with Crippen LogP contribution in [0.5, 0.6) is 11.5 Å². The molecule has 5 nitrogen and oxygen atoms in total. The standard InChI is InChI=1S/C25H21BrN2O3/c1-15-11-17(26)12-19-20(14-22(27-24(15)19)16-7-5-4-6-8-16)25(29)28-21-10-9-18(30-2)13-23(21)31-3/h4-14H,1-3H3,(H,28,29). The Bertz CT molecular complexity index is 1270. The van der Waals surface area contributed by atoms with E-state index < -0.39 is 0 Å². The maximum atomic E-state index is 13.4. The fourth-order valence-electron chi connectivity index (χ4n) is 3.49. The number of nitrogens with zero attached hydrogens (tertiary/aromatic N) is 1. The Balaban J connectivity index is 1.85. The third-order valence-corrected chi connectivity index (χ3v) is 5.50. The molecule has 0 fully saturated rings. The first-order chi connectivity index (χ1) is 15.0. The molecular weight excluding hydrogens is 456 g/mol. The van der Waals surface area contributed by atoms with Gasteiger partial charge < -0.3 is 14.8 Å². The Kier molecular flexibility index (Phi) is 5.91. The summed E-state index contributed by atoms with van der Waals surface area (Å²) in [6, 6.07) is 20.9. The highest BCUT2D eigenvalue weighted by Crippen LogP contribution is 2.32. The van der Waals surface area contributed by atoms with Gasteiger partial charge in [0.05, 0.1) is 36.7 Å². The van der Waals surface area contributed by atoms with E-state index in [9.17, 15) is 4.79 Å². The normalized spacial score (nSPS) is 10.7. The second-order valence-corrected chi connectivity index (χ2v) is 7.98. The highest BCUT2D eigenvalue weighted by atomic mass is 79.9. The van der Waals surface area contributed by atoms with Crippen molar-refractivity contribution in [3.8, 4) is 22.8 Å². The number of anilines is 1. The summed E-state index contributed by atoms with van der Waals surface area (Å²) in [6.45, 7) is 1.99. The van der Waals surface area contributed by atoms with Gasteiger partial charge in [-0.2, -0.15) is 0 Å². The molecule has 1 N–H and O–H groups in total. The first-order valence-electron chi connectivity index (χ1n) is 9.70. The molecule has 3 aromatic carbocycles. The molecule has 0 atom stereocenters. The van der Waals surface area contributed by atoms with Gasteiger partial charge in [-0.15, -0.1) is 0 Å². The summed E-state index contributed by atoms with van der Waals surface area (Å²) in [4.78, 5) is 18.3. The van der Waals surface area contributed by atoms with Crippen molar-refractivity contribution in [1.82, 2.24) is 4.98 Å². The molecule has 31 heavy (non-hydrogen) atoms. The number of halogens is 1. The van der Waals surface area contributed by atoms with Gasteiger partial charge in [-0.25, -0.2) is 4.98 Å². The van der Waals surface area contributed by atoms with E-state index in [1.54, 1.807) is 32.4 Å². The summed E-state index contributed by atoms with van der Waals surface area (Å²) < 4.78 is 11.6. The van der Waals surface area contributed by atoms with Gasteiger partial charge in [-0.05, 0) is 42.8 Å². The van der Waals surface area contributed by atoms with Gasteiger partial charge in [-0.1, -0.05) is 46.3 Å². The maximum absolute atomic E-state index is 13.4. The minimum Gasteiger partial charge on any atom is -0.497 e. The number of benzene rings is 3. The van der Waals surface area contributed by atoms with Gasteiger partial charge in [0.25, 0.3) is 5.91 Å². The van der Waals surface area contributed by atoms with Gasteiger partial charge >= 0.3 is 0 Å². The highest BCUT2D eigenvalue weighted by molar-refractivity contribution is 9.10. The summed E-state index contributed by atoms with van der Waals surface area (Å²) in [7, 11) is 3.14. The molecule has 0 spiro atoms. The molecule has 0 aliphatic heterocycles. The van der Waals surface area contributed by atoms with Gasteiger partial charge in [0, 0.05) is 21.5 Å². The Morgan fingerprint density at radius 3 is 2.45 bits per heavy atom. The average molecular weight is 477 g/mol. The molecule has 6 heteroatoms. The van der Waals surface area contributed by atoms with E-state index in [-0.39, 0.29) is 5.91 Å². The average Bonchev–Trinajstić information content (AvgIpc) is 2.79. The molecule has 156 valence electrons. The molecule has 0 aliphatic rings. The predicted molar refractivity (Wildman–Crippen MR) is 127 cm³/mol. The van der Waals surface area contributed by atoms with Crippen molar-refractivity contribution in [2.24, 2.45) is 0 Å². The van der Waals surface area contributed by atoms with E-state index >= 15 is 0 Å². The van der Waals surface area contributed by atoms with Gasteiger partial charge in [0.1, 0.15) is 11.5 Å². The zero-order valence-electron chi connectivity index (χ0n) is 17.4. The van der Waals surface area contributed by atoms with Crippen LogP contribution in [0.25, 0.3) is 22.2 Å². The number of ether oxygens (including phenoxy) is 2. The minimum atomic E-state index is -0.245. The Morgan fingerprint density at radius 1 is 0.968 bits per heavy atom. The summed E-state index contributed by atoms with van der Waals surface area (Å²) in [5, 5.41) is 3.75. The number of nitrogens with one attached hydrogen (secondary N) is 1. The molecule has 0 unspecified atom stereocenters. The van der Waals surface area contributed by atoms with Gasteiger partial charge in [0.2, 0.25) is 0 Å². The zero-order valence-corrected chi connectivity index (χ0v) is 19.0. The Morgan fingerprint density at radius 2 is 1.74 bits per heavy atom. The van der Waals surface area contributed by atoms with Crippen molar-refractivity contribution in [2.45, 2.75) is 6.92 Å². The van der Waals surface area contributed by atoms with E-state index in [0.717, 1.165) is 32.2 Å². The van der Waals surface area contributed by atoms with Crippen molar-refractivity contribution in [2.75, 3.05) is 19.5 Å². The van der Waals surface area contributed by atoms with Gasteiger partial charge in [-0.3, -0.25) is 4.79 Å². The second kappa shape index (κ2) is 8.78. The van der Waals surface area contributed by atoms with Crippen LogP contribution in [0, 0.1) is 6.92 Å². The third kappa shape index (κ3) is 4.25. The molecular formula is C25H21BrN2O3. The first-order valence-corrected chi connectivity index (χ1v) is 10.5. The summed E-state index contributed by atoms with van der Waals surface area (Å²) in [5.74, 6) is 0.924. The van der Waals surface area contributed by atoms with Crippen LogP contribution in [0.1, 0.15) is 15.9 Å². The van der Waals surface area contributed by atoms with Crippen LogP contribution in [-0.2, 0) is 0 Å². The van der Waals surface area contributed by atoms with Crippen LogP contribution >= 0.6 is 15.9 Å². The molecule has 0 radical (unpaired) electrons. The number of hydrogen-bond donors (Lipinski definition) is 1. The summed E-state index contributed by atoms with van der Waals surface area (Å²) in [5.41, 5.74) is 4.56. The Labute approximate surface area is 189 Å².